The van der Waals surface area contributed by atoms with Crippen molar-refractivity contribution < 1.29 is 4.79 Å². The fourth-order valence-corrected chi connectivity index (χ4v) is 5.71. The third-order valence-corrected chi connectivity index (χ3v) is 7.10. The molecule has 5 rings (SSSR count). The van der Waals surface area contributed by atoms with Crippen molar-refractivity contribution in [3.8, 4) is 11.1 Å². The Kier molecular flexibility index (Phi) is 4.85. The van der Waals surface area contributed by atoms with Crippen LogP contribution in [0.5, 0.6) is 0 Å². The zero-order valence-corrected chi connectivity index (χ0v) is 20.2. The zero-order chi connectivity index (χ0) is 23.5. The van der Waals surface area contributed by atoms with E-state index in [9.17, 15) is 4.79 Å². The summed E-state index contributed by atoms with van der Waals surface area (Å²) in [7, 11) is 1.96. The van der Waals surface area contributed by atoms with Gasteiger partial charge >= 0.3 is 0 Å². The van der Waals surface area contributed by atoms with Crippen molar-refractivity contribution in [2.45, 2.75) is 70.5 Å². The second-order valence-electron chi connectivity index (χ2n) is 10.3. The predicted molar refractivity (Wildman–Crippen MR) is 128 cm³/mol. The predicted octanol–water partition coefficient (Wildman–Crippen LogP) is 4.69. The largest absolute Gasteiger partial charge is 0.362 e. The summed E-state index contributed by atoms with van der Waals surface area (Å²) in [5.74, 6) is 0.292. The van der Waals surface area contributed by atoms with E-state index >= 15 is 0 Å². The smallest absolute Gasteiger partial charge is 0.250 e. The second kappa shape index (κ2) is 7.40. The fourth-order valence-electron chi connectivity index (χ4n) is 5.71. The number of azo groups is 1. The van der Waals surface area contributed by atoms with E-state index in [2.05, 4.69) is 85.9 Å². The average molecular weight is 445 g/mol. The topological polar surface area (TPSA) is 83.7 Å². The molecule has 0 saturated heterocycles. The van der Waals surface area contributed by atoms with Crippen molar-refractivity contribution in [1.29, 1.82) is 0 Å². The minimum atomic E-state index is -0.592. The lowest BCUT2D eigenvalue weighted by Gasteiger charge is -2.48. The van der Waals surface area contributed by atoms with Crippen molar-refractivity contribution in [2.24, 2.45) is 17.3 Å². The van der Waals surface area contributed by atoms with E-state index in [0.717, 1.165) is 52.1 Å². The Morgan fingerprint density at radius 3 is 2.79 bits per heavy atom. The second-order valence-corrected chi connectivity index (χ2v) is 10.3. The van der Waals surface area contributed by atoms with Gasteiger partial charge in [0.2, 0.25) is 0 Å². The minimum absolute atomic E-state index is 0.0171. The lowest BCUT2D eigenvalue weighted by Crippen LogP contribution is -2.58. The monoisotopic (exact) mass is 444 g/mol. The molecule has 1 aromatic heterocycles. The van der Waals surface area contributed by atoms with E-state index in [1.165, 1.54) is 0 Å². The first kappa shape index (κ1) is 21.6. The number of nitrogens with one attached hydrogen (secondary N) is 2. The van der Waals surface area contributed by atoms with E-state index in [1.54, 1.807) is 0 Å². The lowest BCUT2D eigenvalue weighted by atomic mass is 9.62. The molecule has 1 aromatic carbocycles. The van der Waals surface area contributed by atoms with E-state index in [4.69, 9.17) is 5.10 Å². The van der Waals surface area contributed by atoms with Crippen LogP contribution in [0.2, 0.25) is 0 Å². The van der Waals surface area contributed by atoms with Gasteiger partial charge in [0.05, 0.1) is 22.9 Å². The van der Waals surface area contributed by atoms with E-state index < -0.39 is 5.41 Å². The van der Waals surface area contributed by atoms with Gasteiger partial charge in [0.15, 0.2) is 6.17 Å². The van der Waals surface area contributed by atoms with Crippen LogP contribution in [0.1, 0.15) is 64.6 Å². The van der Waals surface area contributed by atoms with Crippen LogP contribution in [-0.2, 0) is 17.3 Å². The molecule has 1 unspecified atom stereocenters. The van der Waals surface area contributed by atoms with Gasteiger partial charge in [-0.1, -0.05) is 39.0 Å². The summed E-state index contributed by atoms with van der Waals surface area (Å²) in [4.78, 5) is 13.6. The van der Waals surface area contributed by atoms with Gasteiger partial charge in [0.25, 0.3) is 5.91 Å². The SMILES string of the molecule is CC[C@@]1(c2cccc(-c3cn(C)nc3C(C)C)c2)C2=CN=NC2NC2=C1C(=O)NC(C)(C)C2. The third kappa shape index (κ3) is 3.24. The Morgan fingerprint density at radius 2 is 2.06 bits per heavy atom. The third-order valence-electron chi connectivity index (χ3n) is 7.10. The fraction of sp³-hybridized carbons (Fsp3) is 0.462. The van der Waals surface area contributed by atoms with Crippen molar-refractivity contribution in [1.82, 2.24) is 20.4 Å². The van der Waals surface area contributed by atoms with Crippen molar-refractivity contribution >= 4 is 5.91 Å². The molecule has 1 amide bonds. The van der Waals surface area contributed by atoms with Crippen LogP contribution >= 0.6 is 0 Å². The highest BCUT2D eigenvalue weighted by molar-refractivity contribution is 6.00. The molecule has 0 aliphatic carbocycles. The van der Waals surface area contributed by atoms with Crippen LogP contribution in [0.15, 0.2) is 63.7 Å². The lowest BCUT2D eigenvalue weighted by molar-refractivity contribution is -0.120. The molecule has 7 heteroatoms. The molecule has 0 radical (unpaired) electrons. The highest BCUT2D eigenvalue weighted by Crippen LogP contribution is 2.51. The van der Waals surface area contributed by atoms with Gasteiger partial charge in [-0.05, 0) is 43.4 Å². The highest BCUT2D eigenvalue weighted by atomic mass is 16.2. The van der Waals surface area contributed by atoms with Crippen LogP contribution in [0.3, 0.4) is 0 Å². The maximum Gasteiger partial charge on any atom is 0.250 e. The number of fused-ring (bicyclic) bond motifs is 1. The van der Waals surface area contributed by atoms with Gasteiger partial charge in [0.1, 0.15) is 0 Å². The summed E-state index contributed by atoms with van der Waals surface area (Å²) in [6.07, 6.45) is 5.16. The normalized spacial score (nSPS) is 25.5. The number of carbonyl (C=O) groups excluding carboxylic acids is 1. The standard InChI is InChI=1S/C26H32N6O/c1-7-26(17-10-8-9-16(11-17)18-14-32(6)31-22(18)15(2)3)19-13-27-30-23(19)28-20-12-25(4,5)29-24(33)21(20)26/h8-11,13-15,23,28H,7,12H2,1-6H3,(H,29,33)/t23?,26-/m1/s1. The maximum atomic E-state index is 13.6. The van der Waals surface area contributed by atoms with Crippen LogP contribution < -0.4 is 10.6 Å². The number of rotatable bonds is 4. The van der Waals surface area contributed by atoms with Gasteiger partial charge < -0.3 is 10.6 Å². The first-order valence-corrected chi connectivity index (χ1v) is 11.7. The summed E-state index contributed by atoms with van der Waals surface area (Å²) in [5, 5.41) is 20.2. The summed E-state index contributed by atoms with van der Waals surface area (Å²) in [5.41, 5.74) is 6.30. The van der Waals surface area contributed by atoms with Crippen LogP contribution in [0.25, 0.3) is 11.1 Å². The summed E-state index contributed by atoms with van der Waals surface area (Å²) in [6, 6.07) is 8.58. The molecule has 2 N–H and O–H groups in total. The van der Waals surface area contributed by atoms with Crippen LogP contribution in [0, 0.1) is 0 Å². The van der Waals surface area contributed by atoms with Gasteiger partial charge in [-0.15, -0.1) is 0 Å². The molecule has 0 fully saturated rings. The van der Waals surface area contributed by atoms with E-state index in [1.807, 2.05) is 17.9 Å². The van der Waals surface area contributed by atoms with Crippen LogP contribution in [0.4, 0.5) is 0 Å². The van der Waals surface area contributed by atoms with Crippen LogP contribution in [-0.4, -0.2) is 27.4 Å². The molecule has 0 spiro atoms. The highest BCUT2D eigenvalue weighted by Gasteiger charge is 2.53. The number of aromatic nitrogens is 2. The Balaban J connectivity index is 1.73. The molecule has 33 heavy (non-hydrogen) atoms. The molecular formula is C26H32N6O. The number of nitrogens with zero attached hydrogens (tertiary/aromatic N) is 4. The van der Waals surface area contributed by atoms with Gasteiger partial charge in [0, 0.05) is 42.0 Å². The summed E-state index contributed by atoms with van der Waals surface area (Å²) in [6.45, 7) is 10.6. The maximum absolute atomic E-state index is 13.6. The average Bonchev–Trinajstić information content (AvgIpc) is 3.38. The number of amides is 1. The molecule has 0 saturated carbocycles. The van der Waals surface area contributed by atoms with E-state index in [0.29, 0.717) is 5.92 Å². The van der Waals surface area contributed by atoms with Gasteiger partial charge in [-0.25, -0.2) is 0 Å². The van der Waals surface area contributed by atoms with Gasteiger partial charge in [-0.2, -0.15) is 15.3 Å². The van der Waals surface area contributed by atoms with E-state index in [-0.39, 0.29) is 17.6 Å². The number of benzene rings is 1. The Labute approximate surface area is 195 Å². The molecule has 7 nitrogen and oxygen atoms in total. The quantitative estimate of drug-likeness (QED) is 0.718. The number of hydrogen-bond donors (Lipinski definition) is 2. The molecule has 0 bridgehead atoms. The molecule has 4 heterocycles. The van der Waals surface area contributed by atoms with Crippen molar-refractivity contribution in [3.05, 3.63) is 64.8 Å². The molecular weight excluding hydrogens is 412 g/mol. The minimum Gasteiger partial charge on any atom is -0.362 e. The molecule has 3 aliphatic heterocycles. The molecule has 172 valence electrons. The number of hydrogen-bond acceptors (Lipinski definition) is 5. The first-order valence-electron chi connectivity index (χ1n) is 11.7. The van der Waals surface area contributed by atoms with Crippen molar-refractivity contribution in [2.75, 3.05) is 0 Å². The zero-order valence-electron chi connectivity index (χ0n) is 20.2. The first-order chi connectivity index (χ1) is 15.7. The Morgan fingerprint density at radius 1 is 1.27 bits per heavy atom. The Bertz CT molecular complexity index is 1230. The Hall–Kier alpha value is -3.22. The summed E-state index contributed by atoms with van der Waals surface area (Å²) >= 11 is 0. The molecule has 2 atom stereocenters. The van der Waals surface area contributed by atoms with Crippen molar-refractivity contribution in [3.63, 3.8) is 0 Å². The number of carbonyl (C=O) groups is 1. The summed E-state index contributed by atoms with van der Waals surface area (Å²) < 4.78 is 1.88. The van der Waals surface area contributed by atoms with Gasteiger partial charge in [-0.3, -0.25) is 9.48 Å². The number of aryl methyl sites for hydroxylation is 1. The molecule has 2 aromatic rings. The molecule has 3 aliphatic rings.